The standard InChI is InChI=1S/C14H21NO3/c1-3-5-6-11-18-13-9-7-12(8-10-13)15-14(16)17-4-2/h7-10H,3-6,11H2,1-2H3,(H,15,16). The Hall–Kier alpha value is -1.71. The van der Waals surface area contributed by atoms with Crippen molar-refractivity contribution in [3.05, 3.63) is 24.3 Å². The van der Waals surface area contributed by atoms with Gasteiger partial charge in [-0.1, -0.05) is 19.8 Å². The highest BCUT2D eigenvalue weighted by Crippen LogP contribution is 2.16. The molecule has 100 valence electrons. The average Bonchev–Trinajstić information content (AvgIpc) is 2.37. The van der Waals surface area contributed by atoms with E-state index in [2.05, 4.69) is 12.2 Å². The second kappa shape index (κ2) is 8.39. The molecule has 1 N–H and O–H groups in total. The molecule has 0 aliphatic heterocycles. The first-order valence-electron chi connectivity index (χ1n) is 6.43. The molecule has 1 amide bonds. The second-order valence-corrected chi connectivity index (χ2v) is 3.93. The summed E-state index contributed by atoms with van der Waals surface area (Å²) in [6.07, 6.45) is 3.00. The number of rotatable bonds is 7. The van der Waals surface area contributed by atoms with E-state index in [1.54, 1.807) is 19.1 Å². The van der Waals surface area contributed by atoms with Gasteiger partial charge in [0.15, 0.2) is 0 Å². The van der Waals surface area contributed by atoms with E-state index >= 15 is 0 Å². The van der Waals surface area contributed by atoms with Crippen molar-refractivity contribution in [1.29, 1.82) is 0 Å². The van der Waals surface area contributed by atoms with Crippen molar-refractivity contribution in [2.45, 2.75) is 33.1 Å². The molecule has 4 heteroatoms. The Balaban J connectivity index is 2.35. The molecule has 0 radical (unpaired) electrons. The van der Waals surface area contributed by atoms with Crippen LogP contribution in [0.3, 0.4) is 0 Å². The highest BCUT2D eigenvalue weighted by molar-refractivity contribution is 5.84. The van der Waals surface area contributed by atoms with Crippen molar-refractivity contribution in [3.8, 4) is 5.75 Å². The van der Waals surface area contributed by atoms with E-state index in [4.69, 9.17) is 9.47 Å². The smallest absolute Gasteiger partial charge is 0.411 e. The Morgan fingerprint density at radius 2 is 1.89 bits per heavy atom. The molecule has 0 bridgehead atoms. The summed E-state index contributed by atoms with van der Waals surface area (Å²) < 4.78 is 10.4. The van der Waals surface area contributed by atoms with Crippen molar-refractivity contribution in [3.63, 3.8) is 0 Å². The Morgan fingerprint density at radius 1 is 1.17 bits per heavy atom. The van der Waals surface area contributed by atoms with Crippen LogP contribution in [0.1, 0.15) is 33.1 Å². The number of carbonyl (C=O) groups excluding carboxylic acids is 1. The molecular weight excluding hydrogens is 230 g/mol. The lowest BCUT2D eigenvalue weighted by atomic mass is 10.2. The molecule has 0 spiro atoms. The fourth-order valence-corrected chi connectivity index (χ4v) is 1.46. The molecule has 4 nitrogen and oxygen atoms in total. The SMILES string of the molecule is CCCCCOc1ccc(NC(=O)OCC)cc1. The third-order valence-electron chi connectivity index (χ3n) is 2.39. The number of anilines is 1. The Bertz CT molecular complexity index is 349. The first-order chi connectivity index (χ1) is 8.76. The third-order valence-corrected chi connectivity index (χ3v) is 2.39. The normalized spacial score (nSPS) is 9.89. The van der Waals surface area contributed by atoms with Crippen LogP contribution in [0.15, 0.2) is 24.3 Å². The number of amides is 1. The van der Waals surface area contributed by atoms with E-state index in [1.165, 1.54) is 12.8 Å². The number of unbranched alkanes of at least 4 members (excludes halogenated alkanes) is 2. The van der Waals surface area contributed by atoms with Crippen LogP contribution in [0.5, 0.6) is 5.75 Å². The lowest BCUT2D eigenvalue weighted by Crippen LogP contribution is -2.13. The zero-order valence-electron chi connectivity index (χ0n) is 11.1. The van der Waals surface area contributed by atoms with E-state index in [1.807, 2.05) is 12.1 Å². The van der Waals surface area contributed by atoms with Gasteiger partial charge in [0.05, 0.1) is 13.2 Å². The molecule has 0 aliphatic rings. The van der Waals surface area contributed by atoms with Gasteiger partial charge in [-0.15, -0.1) is 0 Å². The maximum Gasteiger partial charge on any atom is 0.411 e. The highest BCUT2D eigenvalue weighted by Gasteiger charge is 2.01. The lowest BCUT2D eigenvalue weighted by Gasteiger charge is -2.08. The zero-order valence-corrected chi connectivity index (χ0v) is 11.1. The molecule has 0 aromatic heterocycles. The summed E-state index contributed by atoms with van der Waals surface area (Å²) in [6, 6.07) is 7.28. The van der Waals surface area contributed by atoms with E-state index in [0.29, 0.717) is 12.3 Å². The van der Waals surface area contributed by atoms with Gasteiger partial charge >= 0.3 is 6.09 Å². The molecule has 18 heavy (non-hydrogen) atoms. The molecule has 0 fully saturated rings. The van der Waals surface area contributed by atoms with Crippen molar-refractivity contribution in [2.75, 3.05) is 18.5 Å². The molecule has 0 unspecified atom stereocenters. The maximum absolute atomic E-state index is 11.2. The van der Waals surface area contributed by atoms with Crippen molar-refractivity contribution in [1.82, 2.24) is 0 Å². The number of hydrogen-bond donors (Lipinski definition) is 1. The van der Waals surface area contributed by atoms with Crippen LogP contribution in [-0.2, 0) is 4.74 Å². The summed E-state index contributed by atoms with van der Waals surface area (Å²) in [5.41, 5.74) is 0.703. The Morgan fingerprint density at radius 3 is 2.50 bits per heavy atom. The molecule has 1 rings (SSSR count). The summed E-state index contributed by atoms with van der Waals surface area (Å²) in [5, 5.41) is 2.63. The van der Waals surface area contributed by atoms with Crippen LogP contribution in [0.2, 0.25) is 0 Å². The molecule has 0 atom stereocenters. The van der Waals surface area contributed by atoms with Crippen molar-refractivity contribution in [2.24, 2.45) is 0 Å². The quantitative estimate of drug-likeness (QED) is 0.749. The van der Waals surface area contributed by atoms with Crippen LogP contribution in [0.4, 0.5) is 10.5 Å². The van der Waals surface area contributed by atoms with Crippen molar-refractivity contribution >= 4 is 11.8 Å². The molecule has 0 heterocycles. The first kappa shape index (κ1) is 14.4. The van der Waals surface area contributed by atoms with Gasteiger partial charge in [0.25, 0.3) is 0 Å². The summed E-state index contributed by atoms with van der Waals surface area (Å²) in [6.45, 7) is 5.03. The summed E-state index contributed by atoms with van der Waals surface area (Å²) in [4.78, 5) is 11.2. The largest absolute Gasteiger partial charge is 0.494 e. The topological polar surface area (TPSA) is 47.6 Å². The zero-order chi connectivity index (χ0) is 13.2. The molecule has 0 saturated heterocycles. The number of carbonyl (C=O) groups is 1. The second-order valence-electron chi connectivity index (χ2n) is 3.93. The molecule has 1 aromatic rings. The van der Waals surface area contributed by atoms with Gasteiger partial charge < -0.3 is 9.47 Å². The minimum atomic E-state index is -0.436. The van der Waals surface area contributed by atoms with Gasteiger partial charge in [0.2, 0.25) is 0 Å². The number of nitrogens with one attached hydrogen (secondary N) is 1. The average molecular weight is 251 g/mol. The van der Waals surface area contributed by atoms with Crippen molar-refractivity contribution < 1.29 is 14.3 Å². The van der Waals surface area contributed by atoms with Crippen LogP contribution in [0, 0.1) is 0 Å². The molecule has 0 aliphatic carbocycles. The highest BCUT2D eigenvalue weighted by atomic mass is 16.5. The first-order valence-corrected chi connectivity index (χ1v) is 6.43. The van der Waals surface area contributed by atoms with E-state index < -0.39 is 6.09 Å². The third kappa shape index (κ3) is 5.57. The maximum atomic E-state index is 11.2. The van der Waals surface area contributed by atoms with Crippen LogP contribution >= 0.6 is 0 Å². The minimum Gasteiger partial charge on any atom is -0.494 e. The minimum absolute atomic E-state index is 0.366. The molecular formula is C14H21NO3. The Kier molecular flexibility index (Phi) is 6.69. The van der Waals surface area contributed by atoms with E-state index in [9.17, 15) is 4.79 Å². The van der Waals surface area contributed by atoms with Crippen LogP contribution in [0.25, 0.3) is 0 Å². The summed E-state index contributed by atoms with van der Waals surface area (Å²) in [7, 11) is 0. The number of ether oxygens (including phenoxy) is 2. The monoisotopic (exact) mass is 251 g/mol. The van der Waals surface area contributed by atoms with Gasteiger partial charge in [-0.2, -0.15) is 0 Å². The van der Waals surface area contributed by atoms with Gasteiger partial charge in [0, 0.05) is 5.69 Å². The van der Waals surface area contributed by atoms with Gasteiger partial charge in [-0.05, 0) is 37.6 Å². The Labute approximate surface area is 108 Å². The number of hydrogen-bond acceptors (Lipinski definition) is 3. The number of benzene rings is 1. The van der Waals surface area contributed by atoms with E-state index in [-0.39, 0.29) is 0 Å². The van der Waals surface area contributed by atoms with Crippen LogP contribution in [-0.4, -0.2) is 19.3 Å². The predicted octanol–water partition coefficient (Wildman–Crippen LogP) is 3.82. The lowest BCUT2D eigenvalue weighted by molar-refractivity contribution is 0.168. The fourth-order valence-electron chi connectivity index (χ4n) is 1.46. The van der Waals surface area contributed by atoms with Gasteiger partial charge in [-0.25, -0.2) is 4.79 Å². The van der Waals surface area contributed by atoms with Gasteiger partial charge in [0.1, 0.15) is 5.75 Å². The van der Waals surface area contributed by atoms with Gasteiger partial charge in [-0.3, -0.25) is 5.32 Å². The molecule has 0 saturated carbocycles. The fraction of sp³-hybridized carbons (Fsp3) is 0.500. The van der Waals surface area contributed by atoms with E-state index in [0.717, 1.165) is 18.8 Å². The summed E-state index contributed by atoms with van der Waals surface area (Å²) in [5.74, 6) is 0.820. The molecule has 1 aromatic carbocycles. The summed E-state index contributed by atoms with van der Waals surface area (Å²) >= 11 is 0. The van der Waals surface area contributed by atoms with Crippen LogP contribution < -0.4 is 10.1 Å². The predicted molar refractivity (Wildman–Crippen MR) is 72.1 cm³/mol.